The second-order valence-corrected chi connectivity index (χ2v) is 10.4. The average molecular weight is 435 g/mol. The summed E-state index contributed by atoms with van der Waals surface area (Å²) < 4.78 is 10.8. The molecule has 3 aliphatic rings. The molecule has 3 amide bonds. The molecule has 0 unspecified atom stereocenters. The van der Waals surface area contributed by atoms with E-state index < -0.39 is 22.7 Å². The van der Waals surface area contributed by atoms with Gasteiger partial charge in [0, 0.05) is 32.2 Å². The van der Waals surface area contributed by atoms with Crippen LogP contribution in [0.1, 0.15) is 60.3 Å². The lowest BCUT2D eigenvalue weighted by atomic mass is 9.78. The van der Waals surface area contributed by atoms with Crippen molar-refractivity contribution in [3.05, 3.63) is 0 Å². The number of piperidine rings is 2. The molecule has 0 aromatic heterocycles. The number of amides is 3. The van der Waals surface area contributed by atoms with Gasteiger partial charge in [0.1, 0.15) is 16.6 Å². The Kier molecular flexibility index (Phi) is 6.14. The fourth-order valence-electron chi connectivity index (χ4n) is 4.53. The number of carbonyl (C=O) groups excluding carboxylic acids is 3. The summed E-state index contributed by atoms with van der Waals surface area (Å²) in [6.07, 6.45) is 1.23. The molecule has 9 nitrogen and oxygen atoms in total. The normalized spacial score (nSPS) is 23.9. The van der Waals surface area contributed by atoms with Gasteiger partial charge < -0.3 is 24.2 Å². The van der Waals surface area contributed by atoms with Crippen molar-refractivity contribution in [3.8, 4) is 6.07 Å². The fourth-order valence-corrected chi connectivity index (χ4v) is 4.53. The van der Waals surface area contributed by atoms with Crippen LogP contribution in [0, 0.1) is 16.7 Å². The molecule has 3 aliphatic heterocycles. The number of carbonyl (C=O) groups is 3. The second kappa shape index (κ2) is 8.21. The molecule has 0 aromatic carbocycles. The first kappa shape index (κ1) is 23.2. The molecule has 0 radical (unpaired) electrons. The molecule has 3 fully saturated rings. The van der Waals surface area contributed by atoms with Crippen molar-refractivity contribution in [3.63, 3.8) is 0 Å². The van der Waals surface area contributed by atoms with E-state index in [1.165, 1.54) is 0 Å². The summed E-state index contributed by atoms with van der Waals surface area (Å²) in [5.74, 6) is -0.165. The van der Waals surface area contributed by atoms with Crippen LogP contribution in [0.4, 0.5) is 9.59 Å². The van der Waals surface area contributed by atoms with Crippen LogP contribution in [0.5, 0.6) is 0 Å². The van der Waals surface area contributed by atoms with E-state index in [4.69, 9.17) is 9.47 Å². The zero-order valence-corrected chi connectivity index (χ0v) is 19.3. The smallest absolute Gasteiger partial charge is 0.410 e. The van der Waals surface area contributed by atoms with E-state index in [9.17, 15) is 19.6 Å². The van der Waals surface area contributed by atoms with Crippen LogP contribution in [-0.2, 0) is 14.3 Å². The Balaban J connectivity index is 1.56. The third kappa shape index (κ3) is 5.05. The Morgan fingerprint density at radius 1 is 1.10 bits per heavy atom. The van der Waals surface area contributed by atoms with E-state index in [-0.39, 0.29) is 18.0 Å². The van der Waals surface area contributed by atoms with Crippen molar-refractivity contribution in [1.82, 2.24) is 14.7 Å². The first-order valence-electron chi connectivity index (χ1n) is 11.0. The first-order chi connectivity index (χ1) is 14.4. The maximum Gasteiger partial charge on any atom is 0.410 e. The Labute approximate surface area is 184 Å². The number of ether oxygens (including phenoxy) is 2. The van der Waals surface area contributed by atoms with Crippen LogP contribution < -0.4 is 0 Å². The van der Waals surface area contributed by atoms with Gasteiger partial charge in [-0.25, -0.2) is 9.59 Å². The third-order valence-corrected chi connectivity index (χ3v) is 6.23. The highest BCUT2D eigenvalue weighted by molar-refractivity contribution is 5.86. The zero-order valence-electron chi connectivity index (χ0n) is 19.3. The fraction of sp³-hybridized carbons (Fsp3) is 0.818. The van der Waals surface area contributed by atoms with Crippen LogP contribution >= 0.6 is 0 Å². The molecule has 0 atom stereocenters. The van der Waals surface area contributed by atoms with Crippen molar-refractivity contribution >= 4 is 18.1 Å². The summed E-state index contributed by atoms with van der Waals surface area (Å²) >= 11 is 0. The average Bonchev–Trinajstić information content (AvgIpc) is 2.98. The van der Waals surface area contributed by atoms with E-state index in [1.807, 2.05) is 34.6 Å². The maximum atomic E-state index is 13.3. The third-order valence-electron chi connectivity index (χ3n) is 6.23. The number of hydrogen-bond donors (Lipinski definition) is 0. The Hall–Kier alpha value is -2.50. The molecule has 9 heteroatoms. The highest BCUT2D eigenvalue weighted by Gasteiger charge is 2.47. The van der Waals surface area contributed by atoms with Gasteiger partial charge in [-0.3, -0.25) is 4.79 Å². The largest absolute Gasteiger partial charge is 0.444 e. The molecule has 0 spiro atoms. The first-order valence-corrected chi connectivity index (χ1v) is 11.0. The van der Waals surface area contributed by atoms with Crippen molar-refractivity contribution in [2.45, 2.75) is 77.5 Å². The Morgan fingerprint density at radius 3 is 2.13 bits per heavy atom. The van der Waals surface area contributed by atoms with Crippen molar-refractivity contribution in [2.75, 3.05) is 32.7 Å². The van der Waals surface area contributed by atoms with Gasteiger partial charge in [0.05, 0.1) is 12.6 Å². The Morgan fingerprint density at radius 2 is 1.68 bits per heavy atom. The molecular weight excluding hydrogens is 400 g/mol. The molecule has 31 heavy (non-hydrogen) atoms. The quantitative estimate of drug-likeness (QED) is 0.662. The summed E-state index contributed by atoms with van der Waals surface area (Å²) in [4.78, 5) is 42.8. The number of likely N-dealkylation sites (tertiary alicyclic amines) is 2. The molecule has 3 rings (SSSR count). The summed E-state index contributed by atoms with van der Waals surface area (Å²) in [7, 11) is 0. The lowest BCUT2D eigenvalue weighted by Crippen LogP contribution is -2.54. The van der Waals surface area contributed by atoms with Gasteiger partial charge in [-0.05, 0) is 60.3 Å². The monoisotopic (exact) mass is 434 g/mol. The number of hydrogen-bond acceptors (Lipinski definition) is 6. The van der Waals surface area contributed by atoms with E-state index >= 15 is 0 Å². The summed E-state index contributed by atoms with van der Waals surface area (Å²) in [5, 5.41) is 9.87. The highest BCUT2D eigenvalue weighted by atomic mass is 16.6. The minimum atomic E-state index is -1.11. The van der Waals surface area contributed by atoms with Crippen molar-refractivity contribution in [1.29, 1.82) is 5.26 Å². The second-order valence-electron chi connectivity index (χ2n) is 10.4. The predicted molar refractivity (Wildman–Crippen MR) is 112 cm³/mol. The van der Waals surface area contributed by atoms with Gasteiger partial charge in [0.15, 0.2) is 0 Å². The summed E-state index contributed by atoms with van der Waals surface area (Å²) in [6.45, 7) is 11.4. The molecule has 0 N–H and O–H groups in total. The minimum absolute atomic E-state index is 0.0466. The summed E-state index contributed by atoms with van der Waals surface area (Å²) in [5.41, 5.74) is -2.19. The molecule has 0 aliphatic carbocycles. The van der Waals surface area contributed by atoms with Gasteiger partial charge in [-0.15, -0.1) is 0 Å². The van der Waals surface area contributed by atoms with Gasteiger partial charge >= 0.3 is 12.2 Å². The molecule has 0 aromatic rings. The molecule has 0 saturated carbocycles. The van der Waals surface area contributed by atoms with Crippen molar-refractivity contribution in [2.24, 2.45) is 5.41 Å². The van der Waals surface area contributed by atoms with Gasteiger partial charge in [-0.1, -0.05) is 0 Å². The van der Waals surface area contributed by atoms with Gasteiger partial charge in [-0.2, -0.15) is 5.26 Å². The van der Waals surface area contributed by atoms with Crippen LogP contribution in [0.25, 0.3) is 0 Å². The summed E-state index contributed by atoms with van der Waals surface area (Å²) in [6, 6.07) is 2.30. The van der Waals surface area contributed by atoms with Crippen LogP contribution in [-0.4, -0.2) is 82.8 Å². The van der Waals surface area contributed by atoms with Crippen LogP contribution in [0.15, 0.2) is 0 Å². The van der Waals surface area contributed by atoms with E-state index in [0.29, 0.717) is 58.4 Å². The van der Waals surface area contributed by atoms with E-state index in [2.05, 4.69) is 6.07 Å². The van der Waals surface area contributed by atoms with Crippen LogP contribution in [0.3, 0.4) is 0 Å². The van der Waals surface area contributed by atoms with Crippen molar-refractivity contribution < 1.29 is 23.9 Å². The standard InChI is InChI=1S/C22H34N4O5/c1-20(2,3)30-18(28)25-12-8-22(14-23,9-13-25)17(27)24-10-6-16(7-11-24)26-15-21(4,5)31-19(26)29/h16H,6-13,15H2,1-5H3. The number of rotatable bonds is 2. The van der Waals surface area contributed by atoms with E-state index in [1.54, 1.807) is 14.7 Å². The molecule has 3 saturated heterocycles. The number of nitrogens with zero attached hydrogens (tertiary/aromatic N) is 4. The minimum Gasteiger partial charge on any atom is -0.444 e. The Bertz CT molecular complexity index is 766. The maximum absolute atomic E-state index is 13.3. The lowest BCUT2D eigenvalue weighted by molar-refractivity contribution is -0.142. The predicted octanol–water partition coefficient (Wildman–Crippen LogP) is 2.75. The molecule has 172 valence electrons. The van der Waals surface area contributed by atoms with Gasteiger partial charge in [0.25, 0.3) is 0 Å². The number of nitriles is 1. The van der Waals surface area contributed by atoms with Gasteiger partial charge in [0.2, 0.25) is 5.91 Å². The van der Waals surface area contributed by atoms with Crippen LogP contribution in [0.2, 0.25) is 0 Å². The SMILES string of the molecule is CC(C)(C)OC(=O)N1CCC(C#N)(C(=O)N2CCC(N3CC(C)(C)OC3=O)CC2)CC1. The topological polar surface area (TPSA) is 103 Å². The zero-order chi connectivity index (χ0) is 23.0. The van der Waals surface area contributed by atoms with E-state index in [0.717, 1.165) is 0 Å². The number of cyclic esters (lactones) is 1. The molecular formula is C22H34N4O5. The lowest BCUT2D eigenvalue weighted by Gasteiger charge is -2.42. The molecule has 0 bridgehead atoms. The highest BCUT2D eigenvalue weighted by Crippen LogP contribution is 2.35. The molecule has 3 heterocycles.